The molecule has 4 rings (SSSR count). The lowest BCUT2D eigenvalue weighted by atomic mass is 9.78. The van der Waals surface area contributed by atoms with Gasteiger partial charge in [0.25, 0.3) is 5.91 Å². The maximum absolute atomic E-state index is 13.0. The molecular weight excluding hydrogens is 386 g/mol. The lowest BCUT2D eigenvalue weighted by Gasteiger charge is -2.44. The number of rotatable bonds is 4. The molecule has 0 unspecified atom stereocenters. The van der Waals surface area contributed by atoms with Gasteiger partial charge in [0.05, 0.1) is 31.1 Å². The number of fused-ring (bicyclic) bond motifs is 1. The second-order valence-electron chi connectivity index (χ2n) is 8.99. The first-order valence-corrected chi connectivity index (χ1v) is 12.6. The molecule has 160 valence electrons. The first-order chi connectivity index (χ1) is 13.9. The highest BCUT2D eigenvalue weighted by Crippen LogP contribution is 2.35. The van der Waals surface area contributed by atoms with E-state index in [9.17, 15) is 13.2 Å². The van der Waals surface area contributed by atoms with Gasteiger partial charge in [0.15, 0.2) is 6.54 Å². The summed E-state index contributed by atoms with van der Waals surface area (Å²) in [5.41, 5.74) is 1.05. The number of piperazine rings is 1. The van der Waals surface area contributed by atoms with E-state index in [1.807, 2.05) is 19.1 Å². The lowest BCUT2D eigenvalue weighted by molar-refractivity contribution is -0.896. The van der Waals surface area contributed by atoms with Crippen molar-refractivity contribution in [2.24, 2.45) is 5.92 Å². The van der Waals surface area contributed by atoms with Crippen molar-refractivity contribution in [3.05, 3.63) is 29.8 Å². The Morgan fingerprint density at radius 1 is 1.00 bits per heavy atom. The highest BCUT2D eigenvalue weighted by molar-refractivity contribution is 7.89. The number of hydrogen-bond acceptors (Lipinski definition) is 3. The van der Waals surface area contributed by atoms with E-state index in [4.69, 9.17) is 0 Å². The minimum Gasteiger partial charge on any atom is -0.335 e. The molecule has 3 fully saturated rings. The van der Waals surface area contributed by atoms with Crippen LogP contribution in [0.15, 0.2) is 29.2 Å². The van der Waals surface area contributed by atoms with Crippen LogP contribution in [0.25, 0.3) is 0 Å². The van der Waals surface area contributed by atoms with Crippen LogP contribution < -0.4 is 4.90 Å². The van der Waals surface area contributed by atoms with Crippen molar-refractivity contribution in [3.8, 4) is 0 Å². The average Bonchev–Trinajstić information content (AvgIpc) is 2.74. The molecule has 1 aliphatic carbocycles. The number of carbonyl (C=O) groups is 1. The Morgan fingerprint density at radius 2 is 1.66 bits per heavy atom. The number of nitrogens with zero attached hydrogens (tertiary/aromatic N) is 2. The van der Waals surface area contributed by atoms with E-state index in [0.717, 1.165) is 24.9 Å². The van der Waals surface area contributed by atoms with E-state index in [-0.39, 0.29) is 5.91 Å². The molecule has 0 bridgehead atoms. The maximum Gasteiger partial charge on any atom is 0.278 e. The number of carbonyl (C=O) groups excluding carboxylic acids is 1. The number of aryl methyl sites for hydroxylation is 1. The van der Waals surface area contributed by atoms with Gasteiger partial charge in [0.1, 0.15) is 0 Å². The minimum atomic E-state index is -3.44. The number of likely N-dealkylation sites (tertiary alicyclic amines) is 1. The van der Waals surface area contributed by atoms with Crippen LogP contribution in [0.3, 0.4) is 0 Å². The average molecular weight is 421 g/mol. The second-order valence-corrected chi connectivity index (χ2v) is 10.9. The summed E-state index contributed by atoms with van der Waals surface area (Å²) < 4.78 is 27.3. The zero-order chi connectivity index (χ0) is 20.4. The van der Waals surface area contributed by atoms with Gasteiger partial charge in [-0.3, -0.25) is 4.79 Å². The summed E-state index contributed by atoms with van der Waals surface area (Å²) in [4.78, 5) is 16.8. The molecule has 1 aromatic rings. The van der Waals surface area contributed by atoms with Gasteiger partial charge in [-0.25, -0.2) is 8.42 Å². The first-order valence-electron chi connectivity index (χ1n) is 11.1. The number of nitrogens with one attached hydrogen (secondary N) is 1. The molecule has 3 aliphatic rings. The largest absolute Gasteiger partial charge is 0.335 e. The summed E-state index contributed by atoms with van der Waals surface area (Å²) in [6.45, 7) is 5.70. The van der Waals surface area contributed by atoms with Gasteiger partial charge in [-0.15, -0.1) is 0 Å². The van der Waals surface area contributed by atoms with Crippen molar-refractivity contribution in [2.75, 3.05) is 39.3 Å². The van der Waals surface area contributed by atoms with E-state index >= 15 is 0 Å². The van der Waals surface area contributed by atoms with Crippen LogP contribution in [-0.2, 0) is 14.8 Å². The van der Waals surface area contributed by atoms with Crippen molar-refractivity contribution >= 4 is 15.9 Å². The molecule has 2 saturated heterocycles. The predicted octanol–water partition coefficient (Wildman–Crippen LogP) is 1.07. The number of sulfonamides is 1. The molecule has 6 nitrogen and oxygen atoms in total. The van der Waals surface area contributed by atoms with Crippen molar-refractivity contribution in [1.29, 1.82) is 0 Å². The van der Waals surface area contributed by atoms with Gasteiger partial charge in [-0.05, 0) is 50.7 Å². The highest BCUT2D eigenvalue weighted by Gasteiger charge is 2.37. The third kappa shape index (κ3) is 4.52. The smallest absolute Gasteiger partial charge is 0.278 e. The van der Waals surface area contributed by atoms with Crippen LogP contribution in [0.5, 0.6) is 0 Å². The van der Waals surface area contributed by atoms with Gasteiger partial charge in [0.2, 0.25) is 10.0 Å². The molecule has 1 amide bonds. The molecule has 29 heavy (non-hydrogen) atoms. The zero-order valence-electron chi connectivity index (χ0n) is 17.5. The van der Waals surface area contributed by atoms with E-state index in [0.29, 0.717) is 49.6 Å². The second kappa shape index (κ2) is 8.74. The summed E-state index contributed by atoms with van der Waals surface area (Å²) in [6.07, 6.45) is 7.39. The van der Waals surface area contributed by atoms with E-state index in [1.54, 1.807) is 16.4 Å². The van der Waals surface area contributed by atoms with Crippen molar-refractivity contribution in [2.45, 2.75) is 56.4 Å². The Labute approximate surface area is 174 Å². The quantitative estimate of drug-likeness (QED) is 0.793. The molecule has 2 aliphatic heterocycles. The first kappa shape index (κ1) is 20.8. The minimum absolute atomic E-state index is 0.270. The molecule has 7 heteroatoms. The predicted molar refractivity (Wildman–Crippen MR) is 112 cm³/mol. The van der Waals surface area contributed by atoms with Crippen LogP contribution in [0.2, 0.25) is 0 Å². The third-order valence-electron chi connectivity index (χ3n) is 7.05. The number of quaternary nitrogens is 1. The SMILES string of the molecule is Cc1ccc(S(=O)(=O)N2CC[NH+](CC(=O)N3CCC[C@@H]4CCCC[C@H]43)CC2)cc1. The standard InChI is InChI=1S/C22H33N3O3S/c1-18-8-10-20(11-9-18)29(27,28)24-15-13-23(14-16-24)17-22(26)25-12-4-6-19-5-2-3-7-21(19)25/h8-11,19,21H,2-7,12-17H2,1H3/p+1/t19-,21+/m0/s1. The fourth-order valence-electron chi connectivity index (χ4n) is 5.33. The molecule has 1 N–H and O–H groups in total. The van der Waals surface area contributed by atoms with Gasteiger partial charge in [0, 0.05) is 12.6 Å². The van der Waals surface area contributed by atoms with Crippen molar-refractivity contribution < 1.29 is 18.1 Å². The molecule has 2 atom stereocenters. The summed E-state index contributed by atoms with van der Waals surface area (Å²) in [6, 6.07) is 7.50. The monoisotopic (exact) mass is 420 g/mol. The van der Waals surface area contributed by atoms with Gasteiger partial charge >= 0.3 is 0 Å². The number of piperidine rings is 1. The van der Waals surface area contributed by atoms with E-state index in [1.165, 1.54) is 30.6 Å². The normalized spacial score (nSPS) is 26.9. The Balaban J connectivity index is 1.32. The number of benzene rings is 1. The fourth-order valence-corrected chi connectivity index (χ4v) is 6.77. The summed E-state index contributed by atoms with van der Waals surface area (Å²) in [5.74, 6) is 0.972. The number of amides is 1. The summed E-state index contributed by atoms with van der Waals surface area (Å²) in [7, 11) is -3.44. The molecule has 1 aromatic carbocycles. The zero-order valence-corrected chi connectivity index (χ0v) is 18.3. The van der Waals surface area contributed by atoms with Crippen molar-refractivity contribution in [3.63, 3.8) is 0 Å². The van der Waals surface area contributed by atoms with Gasteiger partial charge < -0.3 is 9.80 Å². The molecule has 0 aromatic heterocycles. The van der Waals surface area contributed by atoms with Crippen LogP contribution in [0.4, 0.5) is 0 Å². The Hall–Kier alpha value is -1.44. The Bertz CT molecular complexity index is 814. The Kier molecular flexibility index (Phi) is 6.27. The molecule has 2 heterocycles. The molecule has 0 spiro atoms. The van der Waals surface area contributed by atoms with E-state index in [2.05, 4.69) is 4.90 Å². The van der Waals surface area contributed by atoms with Gasteiger partial charge in [-0.2, -0.15) is 4.31 Å². The van der Waals surface area contributed by atoms with Crippen LogP contribution in [0.1, 0.15) is 44.1 Å². The molecular formula is C22H34N3O3S+. The highest BCUT2D eigenvalue weighted by atomic mass is 32.2. The lowest BCUT2D eigenvalue weighted by Crippen LogP contribution is -3.15. The van der Waals surface area contributed by atoms with Gasteiger partial charge in [-0.1, -0.05) is 30.5 Å². The molecule has 1 saturated carbocycles. The van der Waals surface area contributed by atoms with E-state index < -0.39 is 10.0 Å². The summed E-state index contributed by atoms with van der Waals surface area (Å²) >= 11 is 0. The molecule has 0 radical (unpaired) electrons. The van der Waals surface area contributed by atoms with Crippen LogP contribution in [0, 0.1) is 12.8 Å². The van der Waals surface area contributed by atoms with Crippen LogP contribution in [-0.4, -0.2) is 68.8 Å². The fraction of sp³-hybridized carbons (Fsp3) is 0.682. The van der Waals surface area contributed by atoms with Crippen LogP contribution >= 0.6 is 0 Å². The van der Waals surface area contributed by atoms with Crippen molar-refractivity contribution in [1.82, 2.24) is 9.21 Å². The third-order valence-corrected chi connectivity index (χ3v) is 8.97. The topological polar surface area (TPSA) is 62.1 Å². The summed E-state index contributed by atoms with van der Waals surface area (Å²) in [5, 5.41) is 0. The number of hydrogen-bond donors (Lipinski definition) is 1. The Morgan fingerprint density at radius 3 is 2.38 bits per heavy atom. The maximum atomic E-state index is 13.0.